The van der Waals surface area contributed by atoms with E-state index in [0.717, 1.165) is 12.0 Å². The lowest BCUT2D eigenvalue weighted by atomic mass is 9.98. The summed E-state index contributed by atoms with van der Waals surface area (Å²) in [5.41, 5.74) is 4.93. The first kappa shape index (κ1) is 39.3. The van der Waals surface area contributed by atoms with Gasteiger partial charge >= 0.3 is 0 Å². The molecule has 0 aliphatic carbocycles. The van der Waals surface area contributed by atoms with E-state index in [1.54, 1.807) is 7.11 Å². The van der Waals surface area contributed by atoms with E-state index in [1.165, 1.54) is 23.1 Å². The van der Waals surface area contributed by atoms with Gasteiger partial charge in [0.2, 0.25) is 0 Å². The first-order valence-electron chi connectivity index (χ1n) is 13.6. The third-order valence-electron chi connectivity index (χ3n) is 6.32. The van der Waals surface area contributed by atoms with E-state index in [9.17, 15) is 0 Å². The molecule has 0 aromatic heterocycles. The molecule has 0 spiro atoms. The maximum atomic E-state index is 8.82. The van der Waals surface area contributed by atoms with Crippen molar-refractivity contribution in [2.75, 3.05) is 60.0 Å². The van der Waals surface area contributed by atoms with Gasteiger partial charge in [-0.1, -0.05) is 91.1 Å². The van der Waals surface area contributed by atoms with Crippen LogP contribution in [-0.4, -0.2) is 65.1 Å². The molecule has 0 saturated carbocycles. The van der Waals surface area contributed by atoms with Gasteiger partial charge in [0.25, 0.3) is 0 Å². The van der Waals surface area contributed by atoms with Crippen LogP contribution < -0.4 is 0 Å². The number of rotatable bonds is 19. The van der Waals surface area contributed by atoms with Crippen LogP contribution in [0.5, 0.6) is 0 Å². The lowest BCUT2D eigenvalue weighted by Gasteiger charge is -2.10. The summed E-state index contributed by atoms with van der Waals surface area (Å²) in [6.45, 7) is 14.3. The first-order valence-corrected chi connectivity index (χ1v) is 13.6. The fourth-order valence-electron chi connectivity index (χ4n) is 3.36. The Labute approximate surface area is 240 Å². The van der Waals surface area contributed by atoms with Crippen LogP contribution in [0.2, 0.25) is 0 Å². The molecule has 2 atom stereocenters. The van der Waals surface area contributed by atoms with Gasteiger partial charge in [0.15, 0.2) is 0 Å². The van der Waals surface area contributed by atoms with Crippen molar-refractivity contribution in [3.8, 4) is 0 Å². The SMILES string of the molecule is C.C.CCC(C)c1ccc(CO)cc1.CCC(C)c1ccc(COCCOCCOCCOCCOC)cc1. The number of aliphatic hydroxyl groups excluding tert-OH is 1. The summed E-state index contributed by atoms with van der Waals surface area (Å²) in [5, 5.41) is 8.82. The van der Waals surface area contributed by atoms with Gasteiger partial charge in [-0.15, -0.1) is 0 Å². The van der Waals surface area contributed by atoms with Crippen molar-refractivity contribution in [1.29, 1.82) is 0 Å². The van der Waals surface area contributed by atoms with Crippen LogP contribution in [0.1, 0.15) is 89.5 Å². The van der Waals surface area contributed by atoms with Gasteiger partial charge < -0.3 is 28.8 Å². The molecule has 0 aliphatic heterocycles. The van der Waals surface area contributed by atoms with Crippen molar-refractivity contribution in [2.45, 2.75) is 80.4 Å². The highest BCUT2D eigenvalue weighted by atomic mass is 16.6. The summed E-state index contributed by atoms with van der Waals surface area (Å²) < 4.78 is 26.7. The molecular formula is C33H58O6. The summed E-state index contributed by atoms with van der Waals surface area (Å²) in [6, 6.07) is 16.8. The molecule has 2 rings (SSSR count). The summed E-state index contributed by atoms with van der Waals surface area (Å²) in [7, 11) is 1.66. The van der Waals surface area contributed by atoms with E-state index in [1.807, 2.05) is 12.1 Å². The third-order valence-corrected chi connectivity index (χ3v) is 6.32. The Balaban J connectivity index is 0. The topological polar surface area (TPSA) is 66.4 Å². The maximum absolute atomic E-state index is 8.82. The number of methoxy groups -OCH3 is 1. The van der Waals surface area contributed by atoms with Crippen LogP contribution in [0.4, 0.5) is 0 Å². The largest absolute Gasteiger partial charge is 0.392 e. The summed E-state index contributed by atoms with van der Waals surface area (Å²) in [6.07, 6.45) is 2.33. The minimum absolute atomic E-state index is 0. The molecule has 2 unspecified atom stereocenters. The van der Waals surface area contributed by atoms with Gasteiger partial charge in [-0.3, -0.25) is 0 Å². The number of ether oxygens (including phenoxy) is 5. The smallest absolute Gasteiger partial charge is 0.0718 e. The molecular weight excluding hydrogens is 492 g/mol. The predicted octanol–water partition coefficient (Wildman–Crippen LogP) is 7.38. The Bertz CT molecular complexity index is 763. The summed E-state index contributed by atoms with van der Waals surface area (Å²) >= 11 is 0. The van der Waals surface area contributed by atoms with Crippen LogP contribution in [0.3, 0.4) is 0 Å². The highest BCUT2D eigenvalue weighted by molar-refractivity contribution is 5.25. The number of aliphatic hydroxyl groups is 1. The van der Waals surface area contributed by atoms with E-state index >= 15 is 0 Å². The zero-order valence-electron chi connectivity index (χ0n) is 23.7. The molecule has 0 bridgehead atoms. The van der Waals surface area contributed by atoms with Crippen molar-refractivity contribution in [2.24, 2.45) is 0 Å². The average molecular weight is 551 g/mol. The van der Waals surface area contributed by atoms with Crippen LogP contribution >= 0.6 is 0 Å². The second-order valence-electron chi connectivity index (χ2n) is 9.14. The normalized spacial score (nSPS) is 11.9. The summed E-state index contributed by atoms with van der Waals surface area (Å²) in [5.74, 6) is 1.24. The van der Waals surface area contributed by atoms with Crippen molar-refractivity contribution in [3.05, 3.63) is 70.8 Å². The van der Waals surface area contributed by atoms with Crippen LogP contribution in [-0.2, 0) is 36.9 Å². The Morgan fingerprint density at radius 2 is 0.923 bits per heavy atom. The van der Waals surface area contributed by atoms with Crippen LogP contribution in [0.15, 0.2) is 48.5 Å². The molecule has 2 aromatic carbocycles. The zero-order chi connectivity index (χ0) is 27.1. The molecule has 226 valence electrons. The lowest BCUT2D eigenvalue weighted by Crippen LogP contribution is -2.12. The third kappa shape index (κ3) is 19.0. The molecule has 0 radical (unpaired) electrons. The lowest BCUT2D eigenvalue weighted by molar-refractivity contribution is -0.00948. The molecule has 0 heterocycles. The quantitative estimate of drug-likeness (QED) is 0.184. The maximum Gasteiger partial charge on any atom is 0.0718 e. The van der Waals surface area contributed by atoms with E-state index in [2.05, 4.69) is 64.1 Å². The Hall–Kier alpha value is -1.80. The minimum atomic E-state index is 0. The number of hydrogen-bond acceptors (Lipinski definition) is 6. The van der Waals surface area contributed by atoms with Gasteiger partial charge in [-0.25, -0.2) is 0 Å². The predicted molar refractivity (Wildman–Crippen MR) is 164 cm³/mol. The molecule has 0 fully saturated rings. The fourth-order valence-corrected chi connectivity index (χ4v) is 3.36. The molecule has 6 nitrogen and oxygen atoms in total. The van der Waals surface area contributed by atoms with E-state index in [0.29, 0.717) is 71.3 Å². The van der Waals surface area contributed by atoms with Crippen molar-refractivity contribution >= 4 is 0 Å². The molecule has 2 aromatic rings. The molecule has 6 heteroatoms. The van der Waals surface area contributed by atoms with Crippen LogP contribution in [0, 0.1) is 0 Å². The zero-order valence-corrected chi connectivity index (χ0v) is 23.7. The van der Waals surface area contributed by atoms with Crippen molar-refractivity contribution in [3.63, 3.8) is 0 Å². The fraction of sp³-hybridized carbons (Fsp3) is 0.636. The van der Waals surface area contributed by atoms with E-state index in [4.69, 9.17) is 28.8 Å². The molecule has 0 amide bonds. The highest BCUT2D eigenvalue weighted by Crippen LogP contribution is 2.19. The second kappa shape index (κ2) is 26.4. The van der Waals surface area contributed by atoms with Crippen LogP contribution in [0.25, 0.3) is 0 Å². The summed E-state index contributed by atoms with van der Waals surface area (Å²) in [4.78, 5) is 0. The average Bonchev–Trinajstić information content (AvgIpc) is 2.95. The standard InChI is InChI=1S/C20H34O5.C11H16O.2CH4/c1-4-18(2)20-7-5-19(6-8-20)17-25-16-15-24-14-13-23-12-11-22-10-9-21-3;1-3-9(2)11-6-4-10(8-12)5-7-11;;/h5-8,18H,4,9-17H2,1-3H3;4-7,9,12H,3,8H2,1-2H3;2*1H4. The van der Waals surface area contributed by atoms with Gasteiger partial charge in [0, 0.05) is 7.11 Å². The highest BCUT2D eigenvalue weighted by Gasteiger charge is 2.03. The second-order valence-corrected chi connectivity index (χ2v) is 9.14. The molecule has 39 heavy (non-hydrogen) atoms. The Morgan fingerprint density at radius 3 is 1.28 bits per heavy atom. The van der Waals surface area contributed by atoms with Gasteiger partial charge in [0.1, 0.15) is 0 Å². The van der Waals surface area contributed by atoms with Crippen molar-refractivity contribution in [1.82, 2.24) is 0 Å². The van der Waals surface area contributed by atoms with Crippen molar-refractivity contribution < 1.29 is 28.8 Å². The van der Waals surface area contributed by atoms with Gasteiger partial charge in [0.05, 0.1) is 66.1 Å². The Kier molecular flexibility index (Phi) is 26.7. The van der Waals surface area contributed by atoms with E-state index in [-0.39, 0.29) is 21.5 Å². The molecule has 1 N–H and O–H groups in total. The Morgan fingerprint density at radius 1 is 0.564 bits per heavy atom. The van der Waals surface area contributed by atoms with Gasteiger partial charge in [-0.2, -0.15) is 0 Å². The number of benzene rings is 2. The van der Waals surface area contributed by atoms with Gasteiger partial charge in [-0.05, 0) is 46.9 Å². The van der Waals surface area contributed by atoms with E-state index < -0.39 is 0 Å². The molecule has 0 saturated heterocycles. The number of hydrogen-bond donors (Lipinski definition) is 1. The minimum Gasteiger partial charge on any atom is -0.392 e. The first-order chi connectivity index (χ1) is 18.0. The monoisotopic (exact) mass is 550 g/mol. The molecule has 0 aliphatic rings.